The van der Waals surface area contributed by atoms with Crippen molar-refractivity contribution in [1.82, 2.24) is 9.55 Å². The van der Waals surface area contributed by atoms with E-state index in [1.54, 1.807) is 18.2 Å². The second-order valence-corrected chi connectivity index (χ2v) is 4.35. The number of aliphatic hydroxyl groups is 1. The van der Waals surface area contributed by atoms with Crippen LogP contribution in [0.4, 0.5) is 0 Å². The van der Waals surface area contributed by atoms with E-state index in [1.165, 1.54) is 7.11 Å². The van der Waals surface area contributed by atoms with Crippen molar-refractivity contribution in [2.45, 2.75) is 18.8 Å². The molecule has 19 heavy (non-hydrogen) atoms. The van der Waals surface area contributed by atoms with Gasteiger partial charge in [0.15, 0.2) is 0 Å². The molecule has 2 rings (SSSR count). The summed E-state index contributed by atoms with van der Waals surface area (Å²) in [5, 5.41) is 8.94. The molecule has 1 aromatic heterocycles. The number of nitrogens with zero attached hydrogens (tertiary/aromatic N) is 2. The Labute approximate surface area is 115 Å². The normalized spacial score (nSPS) is 10.9. The van der Waals surface area contributed by atoms with Crippen LogP contribution in [0, 0.1) is 0 Å². The Morgan fingerprint density at radius 3 is 2.95 bits per heavy atom. The van der Waals surface area contributed by atoms with E-state index in [0.29, 0.717) is 18.5 Å². The zero-order chi connectivity index (χ0) is 13.8. The number of methoxy groups -OCH3 is 1. The second-order valence-electron chi connectivity index (χ2n) is 4.09. The monoisotopic (exact) mass is 282 g/mol. The van der Waals surface area contributed by atoms with E-state index in [9.17, 15) is 4.79 Å². The maximum Gasteiger partial charge on any atom is 0.337 e. The lowest BCUT2D eigenvalue weighted by Gasteiger charge is -2.07. The molecule has 0 saturated carbocycles. The predicted octanol–water partition coefficient (Wildman–Crippen LogP) is 1.94. The third-order valence-electron chi connectivity index (χ3n) is 2.91. The zero-order valence-electron chi connectivity index (χ0n) is 10.6. The van der Waals surface area contributed by atoms with Gasteiger partial charge in [0.2, 0.25) is 0 Å². The van der Waals surface area contributed by atoms with Crippen LogP contribution in [-0.4, -0.2) is 34.3 Å². The lowest BCUT2D eigenvalue weighted by molar-refractivity contribution is 0.0601. The number of esters is 1. The quantitative estimate of drug-likeness (QED) is 0.672. The topological polar surface area (TPSA) is 64.3 Å². The summed E-state index contributed by atoms with van der Waals surface area (Å²) in [6.45, 7) is 0.706. The molecule has 0 atom stereocenters. The molecule has 0 bridgehead atoms. The number of fused-ring (bicyclic) bond motifs is 1. The first-order chi connectivity index (χ1) is 9.21. The van der Waals surface area contributed by atoms with E-state index in [2.05, 4.69) is 4.98 Å². The van der Waals surface area contributed by atoms with Gasteiger partial charge in [0.05, 0.1) is 29.6 Å². The number of aliphatic hydroxyl groups excluding tert-OH is 1. The summed E-state index contributed by atoms with van der Waals surface area (Å²) in [4.78, 5) is 15.9. The molecule has 102 valence electrons. The van der Waals surface area contributed by atoms with E-state index in [1.807, 2.05) is 4.57 Å². The van der Waals surface area contributed by atoms with Crippen molar-refractivity contribution in [3.05, 3.63) is 29.6 Å². The summed E-state index contributed by atoms with van der Waals surface area (Å²) in [5.41, 5.74) is 2.08. The number of hydrogen-bond acceptors (Lipinski definition) is 4. The molecule has 6 heteroatoms. The summed E-state index contributed by atoms with van der Waals surface area (Å²) in [7, 11) is 1.35. The Balaban J connectivity index is 2.51. The molecule has 0 unspecified atom stereocenters. The highest BCUT2D eigenvalue weighted by molar-refractivity contribution is 6.16. The van der Waals surface area contributed by atoms with Gasteiger partial charge < -0.3 is 14.4 Å². The summed E-state index contributed by atoms with van der Waals surface area (Å²) in [6, 6.07) is 5.18. The third kappa shape index (κ3) is 2.72. The number of aromatic nitrogens is 2. The summed E-state index contributed by atoms with van der Waals surface area (Å²) < 4.78 is 6.63. The first kappa shape index (κ1) is 13.8. The standard InChI is InChI=1S/C13H15ClN2O3/c1-19-13(18)9-3-4-10-11(7-9)16(5-2-6-17)12(8-14)15-10/h3-4,7,17H,2,5-6,8H2,1H3. The van der Waals surface area contributed by atoms with Crippen LogP contribution in [-0.2, 0) is 17.2 Å². The molecule has 2 aromatic rings. The van der Waals surface area contributed by atoms with Crippen LogP contribution in [0.25, 0.3) is 11.0 Å². The molecule has 0 fully saturated rings. The average Bonchev–Trinajstić information content (AvgIpc) is 2.80. The van der Waals surface area contributed by atoms with Crippen LogP contribution in [0.15, 0.2) is 18.2 Å². The smallest absolute Gasteiger partial charge is 0.337 e. The van der Waals surface area contributed by atoms with Crippen LogP contribution in [0.2, 0.25) is 0 Å². The fourth-order valence-corrected chi connectivity index (χ4v) is 2.20. The Morgan fingerprint density at radius 2 is 2.32 bits per heavy atom. The molecule has 1 heterocycles. The number of halogens is 1. The van der Waals surface area contributed by atoms with Gasteiger partial charge in [-0.3, -0.25) is 0 Å². The number of benzene rings is 1. The van der Waals surface area contributed by atoms with Crippen molar-refractivity contribution in [2.75, 3.05) is 13.7 Å². The summed E-state index contributed by atoms with van der Waals surface area (Å²) in [5.74, 6) is 0.629. The van der Waals surface area contributed by atoms with Crippen molar-refractivity contribution in [3.63, 3.8) is 0 Å². The minimum atomic E-state index is -0.385. The van der Waals surface area contributed by atoms with E-state index >= 15 is 0 Å². The Kier molecular flexibility index (Phi) is 4.39. The highest BCUT2D eigenvalue weighted by Gasteiger charge is 2.13. The van der Waals surface area contributed by atoms with Gasteiger partial charge in [0, 0.05) is 13.2 Å². The number of imidazole rings is 1. The van der Waals surface area contributed by atoms with Gasteiger partial charge in [-0.2, -0.15) is 0 Å². The number of ether oxygens (including phenoxy) is 1. The minimum Gasteiger partial charge on any atom is -0.465 e. The van der Waals surface area contributed by atoms with Gasteiger partial charge in [-0.05, 0) is 24.6 Å². The molecule has 0 radical (unpaired) electrons. The van der Waals surface area contributed by atoms with Gasteiger partial charge in [0.25, 0.3) is 0 Å². The number of alkyl halides is 1. The van der Waals surface area contributed by atoms with Crippen molar-refractivity contribution in [2.24, 2.45) is 0 Å². The maximum atomic E-state index is 11.5. The lowest BCUT2D eigenvalue weighted by atomic mass is 10.2. The molecule has 0 spiro atoms. The lowest BCUT2D eigenvalue weighted by Crippen LogP contribution is -2.05. The SMILES string of the molecule is COC(=O)c1ccc2nc(CCl)n(CCCO)c2c1. The van der Waals surface area contributed by atoms with Crippen LogP contribution in [0.1, 0.15) is 22.6 Å². The highest BCUT2D eigenvalue weighted by atomic mass is 35.5. The summed E-state index contributed by atoms with van der Waals surface area (Å²) >= 11 is 5.87. The van der Waals surface area contributed by atoms with Crippen LogP contribution < -0.4 is 0 Å². The van der Waals surface area contributed by atoms with Crippen molar-refractivity contribution >= 4 is 28.6 Å². The van der Waals surface area contributed by atoms with Crippen LogP contribution in [0.5, 0.6) is 0 Å². The van der Waals surface area contributed by atoms with Gasteiger partial charge in [0.1, 0.15) is 5.82 Å². The van der Waals surface area contributed by atoms with E-state index < -0.39 is 0 Å². The largest absolute Gasteiger partial charge is 0.465 e. The fourth-order valence-electron chi connectivity index (χ4n) is 2.00. The molecule has 0 saturated heterocycles. The van der Waals surface area contributed by atoms with Gasteiger partial charge in [-0.15, -0.1) is 11.6 Å². The molecule has 1 aromatic carbocycles. The van der Waals surface area contributed by atoms with Crippen LogP contribution in [0.3, 0.4) is 0 Å². The minimum absolute atomic E-state index is 0.0953. The van der Waals surface area contributed by atoms with Crippen molar-refractivity contribution in [1.29, 1.82) is 0 Å². The number of aryl methyl sites for hydroxylation is 1. The number of carbonyl (C=O) groups is 1. The molecule has 0 amide bonds. The van der Waals surface area contributed by atoms with Gasteiger partial charge in [-0.1, -0.05) is 0 Å². The van der Waals surface area contributed by atoms with Gasteiger partial charge in [-0.25, -0.2) is 9.78 Å². The van der Waals surface area contributed by atoms with E-state index in [4.69, 9.17) is 21.4 Å². The molecular weight excluding hydrogens is 268 g/mol. The fraction of sp³-hybridized carbons (Fsp3) is 0.385. The van der Waals surface area contributed by atoms with E-state index in [0.717, 1.165) is 16.9 Å². The maximum absolute atomic E-state index is 11.5. The zero-order valence-corrected chi connectivity index (χ0v) is 11.4. The molecule has 5 nitrogen and oxygen atoms in total. The number of rotatable bonds is 5. The molecule has 0 aliphatic heterocycles. The molecule has 0 aliphatic rings. The van der Waals surface area contributed by atoms with Crippen molar-refractivity contribution < 1.29 is 14.6 Å². The Bertz CT molecular complexity index is 595. The third-order valence-corrected chi connectivity index (χ3v) is 3.15. The Hall–Kier alpha value is -1.59. The number of carbonyl (C=O) groups excluding carboxylic acids is 1. The first-order valence-corrected chi connectivity index (χ1v) is 6.49. The predicted molar refractivity (Wildman–Crippen MR) is 72.3 cm³/mol. The molecular formula is C13H15ClN2O3. The second kappa shape index (κ2) is 6.04. The summed E-state index contributed by atoms with van der Waals surface area (Å²) in [6.07, 6.45) is 0.609. The first-order valence-electron chi connectivity index (χ1n) is 5.95. The Morgan fingerprint density at radius 1 is 1.53 bits per heavy atom. The van der Waals surface area contributed by atoms with Gasteiger partial charge >= 0.3 is 5.97 Å². The van der Waals surface area contributed by atoms with E-state index in [-0.39, 0.29) is 18.5 Å². The molecule has 0 aliphatic carbocycles. The van der Waals surface area contributed by atoms with Crippen LogP contribution >= 0.6 is 11.6 Å². The number of hydrogen-bond donors (Lipinski definition) is 1. The van der Waals surface area contributed by atoms with Crippen molar-refractivity contribution in [3.8, 4) is 0 Å². The average molecular weight is 283 g/mol. The highest BCUT2D eigenvalue weighted by Crippen LogP contribution is 2.20. The molecule has 1 N–H and O–H groups in total.